The van der Waals surface area contributed by atoms with Crippen LogP contribution >= 0.6 is 7.75 Å². The Balaban J connectivity index is 1.47. The quantitative estimate of drug-likeness (QED) is 0.0715. The number of carbonyl (C=O) groups excluding carboxylic acids is 3. The van der Waals surface area contributed by atoms with E-state index in [2.05, 4.69) is 15.2 Å². The van der Waals surface area contributed by atoms with Gasteiger partial charge in [-0.3, -0.25) is 18.9 Å². The summed E-state index contributed by atoms with van der Waals surface area (Å²) in [4.78, 5) is 43.8. The molecule has 0 spiro atoms. The lowest BCUT2D eigenvalue weighted by atomic mass is 9.92. The van der Waals surface area contributed by atoms with Crippen molar-refractivity contribution in [3.05, 3.63) is 48.4 Å². The van der Waals surface area contributed by atoms with Crippen LogP contribution in [0.5, 0.6) is 11.5 Å². The van der Waals surface area contributed by atoms with Crippen molar-refractivity contribution in [1.29, 1.82) is 0 Å². The number of fused-ring (bicyclic) bond motifs is 1. The summed E-state index contributed by atoms with van der Waals surface area (Å²) in [5, 5.41) is 7.11. The number of nitrogen functional groups attached to an aromatic ring is 1. The fourth-order valence-corrected chi connectivity index (χ4v) is 8.47. The Morgan fingerprint density at radius 2 is 1.57 bits per heavy atom. The summed E-state index contributed by atoms with van der Waals surface area (Å²) in [7, 11) is -4.47. The molecule has 3 N–H and O–H groups in total. The van der Waals surface area contributed by atoms with Crippen LogP contribution in [-0.2, 0) is 48.0 Å². The number of esters is 3. The van der Waals surface area contributed by atoms with Gasteiger partial charge in [0.05, 0.1) is 36.8 Å². The number of nitrogens with two attached hydrogens (primary N) is 1. The first-order valence-corrected chi connectivity index (χ1v) is 21.9. The maximum absolute atomic E-state index is 14.8. The summed E-state index contributed by atoms with van der Waals surface area (Å²) >= 11 is 0. The number of carbonyl (C=O) groups is 3. The van der Waals surface area contributed by atoms with E-state index in [4.69, 9.17) is 38.5 Å². The van der Waals surface area contributed by atoms with Gasteiger partial charge in [-0.15, -0.1) is 0 Å². The third-order valence-electron chi connectivity index (χ3n) is 10.7. The van der Waals surface area contributed by atoms with E-state index in [0.29, 0.717) is 17.0 Å². The van der Waals surface area contributed by atoms with Crippen LogP contribution in [0.15, 0.2) is 42.7 Å². The summed E-state index contributed by atoms with van der Waals surface area (Å²) in [6.07, 6.45) is 4.74. The summed E-state index contributed by atoms with van der Waals surface area (Å²) in [5.41, 5.74) is 5.51. The fraction of sp³-hybridized carbons (Fsp3) is 0.634. The summed E-state index contributed by atoms with van der Waals surface area (Å²) in [6.45, 7) is 13.6. The lowest BCUT2D eigenvalue weighted by molar-refractivity contribution is -0.175. The van der Waals surface area contributed by atoms with E-state index < -0.39 is 74.1 Å². The second-order valence-corrected chi connectivity index (χ2v) is 17.6. The van der Waals surface area contributed by atoms with E-state index in [1.165, 1.54) is 24.2 Å². The standard InChI is InChI=1S/C41H60N5O11P/c1-9-28(10-2)22-51-40(49)27(7)45-58(50,57-31-18-16-30(17-19-31)53-29-14-12-11-13-15-29)52-23-33-35(54-38(47)25(3)4)36(55-39(48)26(5)6)41(8,56-33)34-21-20-32-37(42)43-24-44-46(32)34/h16-21,24-29,33,35-36H,9-15,22-23H2,1-8H3,(H,45,50)(H2,42,43,44)/t27-,33+,35+,36+,41-,58?/m0/s1. The van der Waals surface area contributed by atoms with Gasteiger partial charge in [0.1, 0.15) is 41.1 Å². The lowest BCUT2D eigenvalue weighted by Gasteiger charge is -2.31. The van der Waals surface area contributed by atoms with Gasteiger partial charge >= 0.3 is 25.7 Å². The first-order valence-electron chi connectivity index (χ1n) is 20.4. The number of benzene rings is 1. The number of nitrogens with zero attached hydrogens (tertiary/aromatic N) is 3. The third-order valence-corrected chi connectivity index (χ3v) is 12.3. The van der Waals surface area contributed by atoms with Gasteiger partial charge in [-0.05, 0) is 81.8 Å². The van der Waals surface area contributed by atoms with Crippen molar-refractivity contribution in [3.8, 4) is 11.5 Å². The number of aromatic nitrogens is 3. The van der Waals surface area contributed by atoms with E-state index >= 15 is 0 Å². The van der Waals surface area contributed by atoms with Crippen LogP contribution in [0.4, 0.5) is 5.82 Å². The van der Waals surface area contributed by atoms with Gasteiger partial charge in [-0.2, -0.15) is 10.2 Å². The molecule has 1 saturated heterocycles. The van der Waals surface area contributed by atoms with Crippen LogP contribution in [0.2, 0.25) is 0 Å². The summed E-state index contributed by atoms with van der Waals surface area (Å²) < 4.78 is 59.1. The van der Waals surface area contributed by atoms with Crippen LogP contribution in [0.25, 0.3) is 5.52 Å². The highest BCUT2D eigenvalue weighted by Gasteiger charge is 2.59. The molecule has 58 heavy (non-hydrogen) atoms. The van der Waals surface area contributed by atoms with Crippen molar-refractivity contribution in [2.24, 2.45) is 17.8 Å². The highest BCUT2D eigenvalue weighted by Crippen LogP contribution is 2.49. The Morgan fingerprint density at radius 3 is 2.21 bits per heavy atom. The highest BCUT2D eigenvalue weighted by molar-refractivity contribution is 7.52. The monoisotopic (exact) mass is 829 g/mol. The molecule has 2 fully saturated rings. The molecule has 2 aromatic heterocycles. The molecule has 3 aromatic rings. The van der Waals surface area contributed by atoms with E-state index in [0.717, 1.165) is 38.5 Å². The number of ether oxygens (including phenoxy) is 5. The van der Waals surface area contributed by atoms with Gasteiger partial charge in [-0.25, -0.2) is 14.1 Å². The molecular weight excluding hydrogens is 769 g/mol. The third kappa shape index (κ3) is 10.9. The van der Waals surface area contributed by atoms with Gasteiger partial charge in [0.15, 0.2) is 18.0 Å². The van der Waals surface area contributed by atoms with Crippen molar-refractivity contribution in [3.63, 3.8) is 0 Å². The molecule has 1 saturated carbocycles. The Labute approximate surface area is 340 Å². The van der Waals surface area contributed by atoms with E-state index in [1.54, 1.807) is 71.0 Å². The largest absolute Gasteiger partial charge is 0.490 e. The molecule has 1 aliphatic carbocycles. The zero-order valence-electron chi connectivity index (χ0n) is 34.9. The number of hydrogen-bond donors (Lipinski definition) is 2. The first kappa shape index (κ1) is 44.9. The predicted molar refractivity (Wildman–Crippen MR) is 215 cm³/mol. The van der Waals surface area contributed by atoms with Crippen LogP contribution < -0.4 is 20.1 Å². The van der Waals surface area contributed by atoms with Crippen molar-refractivity contribution in [2.75, 3.05) is 18.9 Å². The zero-order valence-corrected chi connectivity index (χ0v) is 35.8. The maximum Gasteiger partial charge on any atom is 0.459 e. The van der Waals surface area contributed by atoms with Crippen molar-refractivity contribution in [2.45, 2.75) is 136 Å². The SMILES string of the molecule is CCC(CC)COC(=O)[C@H](C)NP(=O)(OC[C@H]1O[C@@](C)(c2ccc3c(N)ncnn23)[C@H](OC(=O)C(C)C)[C@@H]1OC(=O)C(C)C)Oc1ccc(OC2CCCCC2)cc1. The van der Waals surface area contributed by atoms with E-state index in [1.807, 2.05) is 13.8 Å². The molecule has 0 amide bonds. The van der Waals surface area contributed by atoms with Crippen LogP contribution in [0, 0.1) is 17.8 Å². The Bertz CT molecular complexity index is 1900. The Hall–Kier alpha value is -4.24. The molecule has 5 rings (SSSR count). The van der Waals surface area contributed by atoms with Gasteiger partial charge in [0, 0.05) is 0 Å². The fourth-order valence-electron chi connectivity index (χ4n) is 6.96. The molecule has 1 aliphatic heterocycles. The predicted octanol–water partition coefficient (Wildman–Crippen LogP) is 6.93. The molecule has 6 atom stereocenters. The van der Waals surface area contributed by atoms with E-state index in [-0.39, 0.29) is 30.2 Å². The number of nitrogens with one attached hydrogen (secondary N) is 1. The molecule has 320 valence electrons. The number of hydrogen-bond acceptors (Lipinski definition) is 14. The molecule has 0 bridgehead atoms. The van der Waals surface area contributed by atoms with Crippen LogP contribution in [0.3, 0.4) is 0 Å². The molecular formula is C41H60N5O11P. The molecule has 2 aliphatic rings. The smallest absolute Gasteiger partial charge is 0.459 e. The average Bonchev–Trinajstić information content (AvgIpc) is 3.75. The van der Waals surface area contributed by atoms with Crippen LogP contribution in [0.1, 0.15) is 106 Å². The molecule has 0 radical (unpaired) electrons. The number of anilines is 1. The Morgan fingerprint density at radius 1 is 0.931 bits per heavy atom. The minimum absolute atomic E-state index is 0.122. The van der Waals surface area contributed by atoms with E-state index in [9.17, 15) is 18.9 Å². The van der Waals surface area contributed by atoms with Crippen molar-refractivity contribution in [1.82, 2.24) is 19.7 Å². The first-order chi connectivity index (χ1) is 27.6. The Kier molecular flexibility index (Phi) is 15.2. The highest BCUT2D eigenvalue weighted by atomic mass is 31.2. The maximum atomic E-state index is 14.8. The van der Waals surface area contributed by atoms with Crippen LogP contribution in [-0.4, -0.2) is 76.2 Å². The lowest BCUT2D eigenvalue weighted by Crippen LogP contribution is -2.46. The normalized spacial score (nSPS) is 22.8. The van der Waals surface area contributed by atoms with Gasteiger partial charge in [-0.1, -0.05) is 60.8 Å². The molecule has 1 unspecified atom stereocenters. The number of rotatable bonds is 19. The summed E-state index contributed by atoms with van der Waals surface area (Å²) in [5.74, 6) is -1.75. The minimum atomic E-state index is -4.47. The van der Waals surface area contributed by atoms with Crippen molar-refractivity contribution >= 4 is 37.0 Å². The topological polar surface area (TPSA) is 201 Å². The summed E-state index contributed by atoms with van der Waals surface area (Å²) in [6, 6.07) is 8.92. The van der Waals surface area contributed by atoms with Gasteiger partial charge in [0.25, 0.3) is 0 Å². The molecule has 16 nitrogen and oxygen atoms in total. The second kappa shape index (κ2) is 19.7. The van der Waals surface area contributed by atoms with Gasteiger partial charge < -0.3 is 33.9 Å². The van der Waals surface area contributed by atoms with Gasteiger partial charge in [0.2, 0.25) is 0 Å². The average molecular weight is 830 g/mol. The van der Waals surface area contributed by atoms with Crippen molar-refractivity contribution < 1.29 is 51.7 Å². The minimum Gasteiger partial charge on any atom is -0.490 e. The molecule has 17 heteroatoms. The molecule has 1 aromatic carbocycles. The molecule has 3 heterocycles. The second-order valence-electron chi connectivity index (χ2n) is 15.9. The zero-order chi connectivity index (χ0) is 42.2.